The molecule has 1 atom stereocenters. The summed E-state index contributed by atoms with van der Waals surface area (Å²) in [6.45, 7) is 4.87. The van der Waals surface area contributed by atoms with Crippen LogP contribution < -0.4 is 5.73 Å². The van der Waals surface area contributed by atoms with Crippen molar-refractivity contribution in [1.29, 1.82) is 0 Å². The van der Waals surface area contributed by atoms with Gasteiger partial charge in [-0.2, -0.15) is 0 Å². The Morgan fingerprint density at radius 3 is 2.88 bits per heavy atom. The van der Waals surface area contributed by atoms with Crippen LogP contribution in [0.5, 0.6) is 0 Å². The number of para-hydroxylation sites is 1. The molecule has 0 aliphatic carbocycles. The van der Waals surface area contributed by atoms with E-state index >= 15 is 0 Å². The fourth-order valence-corrected chi connectivity index (χ4v) is 2.28. The van der Waals surface area contributed by atoms with Gasteiger partial charge in [0.1, 0.15) is 0 Å². The lowest BCUT2D eigenvalue weighted by Gasteiger charge is -2.18. The van der Waals surface area contributed by atoms with Gasteiger partial charge in [-0.05, 0) is 25.0 Å². The fraction of sp³-hybridized carbons (Fsp3) is 0.462. The summed E-state index contributed by atoms with van der Waals surface area (Å²) in [6, 6.07) is 6.33. The van der Waals surface area contributed by atoms with Gasteiger partial charge >= 0.3 is 0 Å². The van der Waals surface area contributed by atoms with Crippen molar-refractivity contribution in [1.82, 2.24) is 9.55 Å². The topological polar surface area (TPSA) is 53.1 Å². The molecule has 0 fully saturated rings. The third kappa shape index (κ3) is 2.00. The number of hydrogen-bond donors (Lipinski definition) is 1. The molecule has 17 heavy (non-hydrogen) atoms. The first-order valence-corrected chi connectivity index (χ1v) is 5.91. The van der Waals surface area contributed by atoms with Gasteiger partial charge in [0.25, 0.3) is 0 Å². The number of methoxy groups -OCH3 is 1. The van der Waals surface area contributed by atoms with Crippen molar-refractivity contribution in [3.63, 3.8) is 0 Å². The Balaban J connectivity index is 2.62. The predicted octanol–water partition coefficient (Wildman–Crippen LogP) is 2.52. The van der Waals surface area contributed by atoms with Crippen LogP contribution in [0.4, 0.5) is 5.95 Å². The first-order valence-electron chi connectivity index (χ1n) is 5.91. The van der Waals surface area contributed by atoms with Crippen LogP contribution in [-0.2, 0) is 4.74 Å². The molecule has 1 aromatic carbocycles. The maximum atomic E-state index is 6.03. The Labute approximate surface area is 101 Å². The number of nitrogen functional groups attached to an aromatic ring is 1. The molecule has 0 aliphatic heterocycles. The Kier molecular flexibility index (Phi) is 3.33. The van der Waals surface area contributed by atoms with Gasteiger partial charge < -0.3 is 15.0 Å². The summed E-state index contributed by atoms with van der Waals surface area (Å²) in [5.41, 5.74) is 9.30. The molecule has 0 bridgehead atoms. The lowest BCUT2D eigenvalue weighted by molar-refractivity contribution is 0.155. The van der Waals surface area contributed by atoms with Crippen LogP contribution >= 0.6 is 0 Å². The van der Waals surface area contributed by atoms with Crippen molar-refractivity contribution < 1.29 is 4.74 Å². The number of rotatable bonds is 4. The van der Waals surface area contributed by atoms with E-state index in [-0.39, 0.29) is 6.04 Å². The number of aromatic nitrogens is 2. The quantitative estimate of drug-likeness (QED) is 0.882. The summed E-state index contributed by atoms with van der Waals surface area (Å²) >= 11 is 0. The van der Waals surface area contributed by atoms with Gasteiger partial charge in [-0.15, -0.1) is 0 Å². The molecular formula is C13H19N3O. The number of hydrogen-bond acceptors (Lipinski definition) is 3. The zero-order valence-electron chi connectivity index (χ0n) is 10.6. The van der Waals surface area contributed by atoms with Crippen molar-refractivity contribution in [3.8, 4) is 0 Å². The van der Waals surface area contributed by atoms with E-state index in [1.807, 2.05) is 12.1 Å². The molecule has 0 amide bonds. The van der Waals surface area contributed by atoms with E-state index in [1.54, 1.807) is 7.11 Å². The molecular weight excluding hydrogens is 214 g/mol. The molecule has 0 saturated carbocycles. The van der Waals surface area contributed by atoms with Crippen molar-refractivity contribution in [2.75, 3.05) is 19.5 Å². The average molecular weight is 233 g/mol. The summed E-state index contributed by atoms with van der Waals surface area (Å²) in [7, 11) is 1.71. The first-order chi connectivity index (χ1) is 8.19. The Morgan fingerprint density at radius 1 is 1.47 bits per heavy atom. The van der Waals surface area contributed by atoms with Gasteiger partial charge in [0.2, 0.25) is 5.95 Å². The predicted molar refractivity (Wildman–Crippen MR) is 70.1 cm³/mol. The molecule has 2 rings (SSSR count). The lowest BCUT2D eigenvalue weighted by atomic mass is 10.1. The number of nitrogens with two attached hydrogens (primary N) is 1. The van der Waals surface area contributed by atoms with Crippen molar-refractivity contribution in [2.24, 2.45) is 0 Å². The largest absolute Gasteiger partial charge is 0.383 e. The second-order valence-electron chi connectivity index (χ2n) is 4.30. The van der Waals surface area contributed by atoms with Crippen molar-refractivity contribution in [2.45, 2.75) is 26.3 Å². The van der Waals surface area contributed by atoms with E-state index in [2.05, 4.69) is 29.5 Å². The summed E-state index contributed by atoms with van der Waals surface area (Å²) in [5.74, 6) is 0.568. The highest BCUT2D eigenvalue weighted by Gasteiger charge is 2.17. The summed E-state index contributed by atoms with van der Waals surface area (Å²) in [4.78, 5) is 4.41. The number of benzene rings is 1. The third-order valence-corrected chi connectivity index (χ3v) is 3.13. The van der Waals surface area contributed by atoms with Crippen LogP contribution in [0.1, 0.15) is 24.9 Å². The highest BCUT2D eigenvalue weighted by atomic mass is 16.5. The van der Waals surface area contributed by atoms with Crippen LogP contribution in [0.3, 0.4) is 0 Å². The number of anilines is 1. The minimum Gasteiger partial charge on any atom is -0.383 e. The van der Waals surface area contributed by atoms with E-state index in [9.17, 15) is 0 Å². The molecule has 0 saturated heterocycles. The Bertz CT molecular complexity index is 519. The molecule has 2 N–H and O–H groups in total. The van der Waals surface area contributed by atoms with E-state index in [1.165, 1.54) is 5.56 Å². The van der Waals surface area contributed by atoms with Gasteiger partial charge in [-0.1, -0.05) is 19.1 Å². The fourth-order valence-electron chi connectivity index (χ4n) is 2.28. The van der Waals surface area contributed by atoms with Crippen LogP contribution in [0.2, 0.25) is 0 Å². The number of fused-ring (bicyclic) bond motifs is 1. The van der Waals surface area contributed by atoms with Crippen LogP contribution in [-0.4, -0.2) is 23.3 Å². The van der Waals surface area contributed by atoms with Crippen molar-refractivity contribution in [3.05, 3.63) is 23.8 Å². The molecule has 1 aromatic heterocycles. The van der Waals surface area contributed by atoms with Gasteiger partial charge in [0.05, 0.1) is 23.7 Å². The molecule has 92 valence electrons. The highest BCUT2D eigenvalue weighted by Crippen LogP contribution is 2.27. The van der Waals surface area contributed by atoms with E-state index < -0.39 is 0 Å². The molecule has 1 heterocycles. The van der Waals surface area contributed by atoms with Crippen LogP contribution in [0, 0.1) is 6.92 Å². The van der Waals surface area contributed by atoms with E-state index in [0.717, 1.165) is 17.5 Å². The smallest absolute Gasteiger partial charge is 0.201 e. The minimum atomic E-state index is 0.242. The van der Waals surface area contributed by atoms with Gasteiger partial charge in [-0.25, -0.2) is 4.98 Å². The van der Waals surface area contributed by atoms with Gasteiger partial charge in [0, 0.05) is 7.11 Å². The second-order valence-corrected chi connectivity index (χ2v) is 4.30. The Morgan fingerprint density at radius 2 is 2.24 bits per heavy atom. The molecule has 0 aliphatic rings. The summed E-state index contributed by atoms with van der Waals surface area (Å²) < 4.78 is 7.35. The number of ether oxygens (including phenoxy) is 1. The van der Waals surface area contributed by atoms with Crippen LogP contribution in [0.25, 0.3) is 11.0 Å². The lowest BCUT2D eigenvalue weighted by Crippen LogP contribution is -2.16. The second kappa shape index (κ2) is 4.75. The first kappa shape index (κ1) is 11.9. The van der Waals surface area contributed by atoms with E-state index in [0.29, 0.717) is 12.6 Å². The van der Waals surface area contributed by atoms with E-state index in [4.69, 9.17) is 10.5 Å². The number of nitrogens with zero attached hydrogens (tertiary/aromatic N) is 2. The summed E-state index contributed by atoms with van der Waals surface area (Å²) in [6.07, 6.45) is 0.970. The molecule has 2 aromatic rings. The third-order valence-electron chi connectivity index (χ3n) is 3.13. The maximum absolute atomic E-state index is 6.03. The van der Waals surface area contributed by atoms with Gasteiger partial charge in [-0.3, -0.25) is 0 Å². The number of aryl methyl sites for hydroxylation is 1. The zero-order valence-corrected chi connectivity index (χ0v) is 10.6. The SMILES string of the molecule is CCC(COC)n1c(N)nc2cccc(C)c21. The molecule has 4 heteroatoms. The molecule has 0 spiro atoms. The molecule has 4 nitrogen and oxygen atoms in total. The highest BCUT2D eigenvalue weighted by molar-refractivity contribution is 5.81. The monoisotopic (exact) mass is 233 g/mol. The Hall–Kier alpha value is -1.55. The standard InChI is InChI=1S/C13H19N3O/c1-4-10(8-17-3)16-12-9(2)6-5-7-11(12)15-13(16)14/h5-7,10H,4,8H2,1-3H3,(H2,14,15). The maximum Gasteiger partial charge on any atom is 0.201 e. The zero-order chi connectivity index (χ0) is 12.4. The molecule has 1 unspecified atom stereocenters. The normalized spacial score (nSPS) is 13.1. The van der Waals surface area contributed by atoms with Crippen molar-refractivity contribution >= 4 is 17.0 Å². The average Bonchev–Trinajstić information content (AvgIpc) is 2.64. The minimum absolute atomic E-state index is 0.242. The van der Waals surface area contributed by atoms with Gasteiger partial charge in [0.15, 0.2) is 0 Å². The summed E-state index contributed by atoms with van der Waals surface area (Å²) in [5, 5.41) is 0. The number of imidazole rings is 1. The van der Waals surface area contributed by atoms with Crippen LogP contribution in [0.15, 0.2) is 18.2 Å². The molecule has 0 radical (unpaired) electrons.